The van der Waals surface area contributed by atoms with Gasteiger partial charge in [0.2, 0.25) is 0 Å². The van der Waals surface area contributed by atoms with Gasteiger partial charge < -0.3 is 9.47 Å². The van der Waals surface area contributed by atoms with Crippen LogP contribution in [-0.4, -0.2) is 41.9 Å². The highest BCUT2D eigenvalue weighted by molar-refractivity contribution is 6.35. The van der Waals surface area contributed by atoms with Crippen LogP contribution in [0.25, 0.3) is 5.57 Å². The predicted octanol–water partition coefficient (Wildman–Crippen LogP) is 4.51. The molecule has 1 N–H and O–H groups in total. The van der Waals surface area contributed by atoms with Gasteiger partial charge in [-0.1, -0.05) is 60.7 Å². The topological polar surface area (TPSA) is 58.8 Å². The van der Waals surface area contributed by atoms with Gasteiger partial charge in [-0.05, 0) is 46.6 Å². The number of hydrogen-bond acceptors (Lipinski definition) is 4. The number of ether oxygens (including phenoxy) is 2. The summed E-state index contributed by atoms with van der Waals surface area (Å²) in [7, 11) is 1.51. The molecule has 0 spiro atoms. The second-order valence-corrected chi connectivity index (χ2v) is 7.50. The molecule has 162 valence electrons. The number of esters is 1. The highest BCUT2D eigenvalue weighted by Crippen LogP contribution is 2.39. The molecule has 5 nitrogen and oxygen atoms in total. The molecule has 3 aromatic rings. The second-order valence-electron chi connectivity index (χ2n) is 7.50. The fourth-order valence-electron chi connectivity index (χ4n) is 3.99. The quantitative estimate of drug-likeness (QED) is 0.260. The molecule has 1 aliphatic carbocycles. The van der Waals surface area contributed by atoms with E-state index in [1.54, 1.807) is 6.92 Å². The van der Waals surface area contributed by atoms with Crippen molar-refractivity contribution in [2.45, 2.75) is 13.3 Å². The molecule has 0 aromatic heterocycles. The van der Waals surface area contributed by atoms with E-state index in [2.05, 4.69) is 12.1 Å². The van der Waals surface area contributed by atoms with E-state index in [4.69, 9.17) is 9.47 Å². The van der Waals surface area contributed by atoms with Crippen LogP contribution in [0.5, 0.6) is 5.75 Å². The Balaban J connectivity index is 1.72. The number of nitrogens with zero attached hydrogens (tertiary/aromatic N) is 1. The Hall–Kier alpha value is -3.86. The minimum Gasteiger partial charge on any atom is -0.493 e. The van der Waals surface area contributed by atoms with E-state index in [-0.39, 0.29) is 6.61 Å². The van der Waals surface area contributed by atoms with E-state index >= 15 is 0 Å². The molecule has 32 heavy (non-hydrogen) atoms. The summed E-state index contributed by atoms with van der Waals surface area (Å²) in [6.07, 6.45) is 0.788. The highest BCUT2D eigenvalue weighted by atomic mass is 16.5. The molecule has 1 aliphatic rings. The Morgan fingerprint density at radius 3 is 2.28 bits per heavy atom. The first-order valence-corrected chi connectivity index (χ1v) is 10.7. The van der Waals surface area contributed by atoms with E-state index in [0.717, 1.165) is 33.4 Å². The summed E-state index contributed by atoms with van der Waals surface area (Å²) in [5, 5.41) is 10.5. The van der Waals surface area contributed by atoms with Crippen LogP contribution < -0.4 is 4.74 Å². The van der Waals surface area contributed by atoms with Gasteiger partial charge in [-0.25, -0.2) is 4.79 Å². The van der Waals surface area contributed by atoms with Crippen molar-refractivity contribution in [1.82, 2.24) is 0 Å². The normalized spacial score (nSPS) is 14.2. The van der Waals surface area contributed by atoms with Crippen LogP contribution in [-0.2, 0) is 16.0 Å². The summed E-state index contributed by atoms with van der Waals surface area (Å²) in [5.74, 6) is 0.210. The zero-order valence-corrected chi connectivity index (χ0v) is 18.2. The Kier molecular flexibility index (Phi) is 6.36. The third-order valence-electron chi connectivity index (χ3n) is 5.37. The second kappa shape index (κ2) is 9.52. The molecular formula is C27H26NO4+. The molecule has 0 bridgehead atoms. The van der Waals surface area contributed by atoms with E-state index in [9.17, 15) is 10.0 Å². The van der Waals surface area contributed by atoms with E-state index in [1.807, 2.05) is 66.7 Å². The summed E-state index contributed by atoms with van der Waals surface area (Å²) in [4.78, 5) is 13.0. The third kappa shape index (κ3) is 4.28. The monoisotopic (exact) mass is 428 g/mol. The van der Waals surface area contributed by atoms with E-state index in [0.29, 0.717) is 23.6 Å². The molecule has 0 radical (unpaired) electrons. The van der Waals surface area contributed by atoms with Crippen molar-refractivity contribution < 1.29 is 24.2 Å². The summed E-state index contributed by atoms with van der Waals surface area (Å²) < 4.78 is 12.3. The van der Waals surface area contributed by atoms with Crippen LogP contribution in [0.2, 0.25) is 0 Å². The molecule has 4 rings (SSSR count). The molecule has 3 aromatic carbocycles. The van der Waals surface area contributed by atoms with Crippen molar-refractivity contribution in [2.75, 3.05) is 20.3 Å². The lowest BCUT2D eigenvalue weighted by atomic mass is 9.97. The highest BCUT2D eigenvalue weighted by Gasteiger charge is 2.40. The van der Waals surface area contributed by atoms with Gasteiger partial charge in [0.1, 0.15) is 11.3 Å². The standard InChI is InChI=1S/C27H26NO4/c1-3-31-27(29)25-24(20-12-8-5-9-13-20)22-15-14-21(18-23(22)26(25)28(2)30)32-17-16-19-10-6-4-7-11-19/h4-15,18,30H,3,16-17H2,1-2H3/q+1/b28-26+. The van der Waals surface area contributed by atoms with Gasteiger partial charge in [0, 0.05) is 12.0 Å². The maximum absolute atomic E-state index is 13.0. The molecule has 5 heteroatoms. The Bertz CT molecular complexity index is 1180. The third-order valence-corrected chi connectivity index (χ3v) is 5.37. The number of fused-ring (bicyclic) bond motifs is 1. The van der Waals surface area contributed by atoms with E-state index in [1.165, 1.54) is 12.6 Å². The lowest BCUT2D eigenvalue weighted by molar-refractivity contribution is -0.753. The molecule has 0 saturated heterocycles. The summed E-state index contributed by atoms with van der Waals surface area (Å²) in [5.41, 5.74) is 5.16. The molecule has 0 saturated carbocycles. The molecule has 0 unspecified atom stereocenters. The Morgan fingerprint density at radius 1 is 0.938 bits per heavy atom. The first-order valence-electron chi connectivity index (χ1n) is 10.7. The van der Waals surface area contributed by atoms with Crippen LogP contribution in [0.1, 0.15) is 29.2 Å². The maximum atomic E-state index is 13.0. The van der Waals surface area contributed by atoms with Crippen LogP contribution in [0.15, 0.2) is 84.4 Å². The van der Waals surface area contributed by atoms with Gasteiger partial charge in [0.25, 0.3) is 5.71 Å². The fraction of sp³-hybridized carbons (Fsp3) is 0.185. The van der Waals surface area contributed by atoms with Gasteiger partial charge in [-0.2, -0.15) is 0 Å². The van der Waals surface area contributed by atoms with Crippen LogP contribution in [0.3, 0.4) is 0 Å². The molecular weight excluding hydrogens is 402 g/mol. The van der Waals surface area contributed by atoms with Crippen molar-refractivity contribution in [2.24, 2.45) is 0 Å². The smallest absolute Gasteiger partial charge is 0.345 e. The van der Waals surface area contributed by atoms with Crippen LogP contribution in [0.4, 0.5) is 0 Å². The Labute approximate surface area is 187 Å². The molecule has 0 atom stereocenters. The maximum Gasteiger partial charge on any atom is 0.345 e. The SMILES string of the molecule is CCOC(=O)C1=C(c2ccccc2)c2ccc(OCCc3ccccc3)cc2/C1=[N+](/C)O. The number of hydrogen-bond donors (Lipinski definition) is 1. The minimum absolute atomic E-state index is 0.247. The molecule has 0 fully saturated rings. The average Bonchev–Trinajstić information content (AvgIpc) is 3.15. The van der Waals surface area contributed by atoms with Crippen molar-refractivity contribution in [3.8, 4) is 5.75 Å². The van der Waals surface area contributed by atoms with Crippen molar-refractivity contribution in [1.29, 1.82) is 0 Å². The number of rotatable bonds is 7. The fourth-order valence-corrected chi connectivity index (χ4v) is 3.99. The van der Waals surface area contributed by atoms with E-state index < -0.39 is 5.97 Å². The summed E-state index contributed by atoms with van der Waals surface area (Å²) >= 11 is 0. The van der Waals surface area contributed by atoms with Gasteiger partial charge in [-0.3, -0.25) is 5.21 Å². The molecule has 0 amide bonds. The number of benzene rings is 3. The lowest BCUT2D eigenvalue weighted by Gasteiger charge is -2.09. The zero-order chi connectivity index (χ0) is 22.5. The van der Waals surface area contributed by atoms with Crippen molar-refractivity contribution >= 4 is 17.3 Å². The lowest BCUT2D eigenvalue weighted by Crippen LogP contribution is -2.22. The van der Waals surface area contributed by atoms with Gasteiger partial charge in [0.05, 0.1) is 18.8 Å². The van der Waals surface area contributed by atoms with Crippen molar-refractivity contribution in [3.05, 3.63) is 107 Å². The average molecular weight is 429 g/mol. The van der Waals surface area contributed by atoms with Gasteiger partial charge in [0.15, 0.2) is 7.05 Å². The Morgan fingerprint density at radius 2 is 1.62 bits per heavy atom. The van der Waals surface area contributed by atoms with Crippen LogP contribution in [0, 0.1) is 0 Å². The first kappa shape index (κ1) is 21.4. The summed E-state index contributed by atoms with van der Waals surface area (Å²) in [6, 6.07) is 25.5. The van der Waals surface area contributed by atoms with Crippen molar-refractivity contribution in [3.63, 3.8) is 0 Å². The number of hydroxylamine groups is 1. The largest absolute Gasteiger partial charge is 0.493 e. The zero-order valence-electron chi connectivity index (χ0n) is 18.2. The first-order chi connectivity index (χ1) is 15.6. The van der Waals surface area contributed by atoms with Gasteiger partial charge in [-0.15, -0.1) is 0 Å². The number of carbonyl (C=O) groups is 1. The summed E-state index contributed by atoms with van der Waals surface area (Å²) in [6.45, 7) is 2.54. The predicted molar refractivity (Wildman–Crippen MR) is 123 cm³/mol. The minimum atomic E-state index is -0.468. The molecule has 0 aliphatic heterocycles. The van der Waals surface area contributed by atoms with Gasteiger partial charge >= 0.3 is 5.97 Å². The molecule has 0 heterocycles. The van der Waals surface area contributed by atoms with Crippen LogP contribution >= 0.6 is 0 Å². The number of carbonyl (C=O) groups excluding carboxylic acids is 1.